The lowest BCUT2D eigenvalue weighted by atomic mass is 9.86. The zero-order chi connectivity index (χ0) is 31.5. The van der Waals surface area contributed by atoms with Crippen LogP contribution in [-0.4, -0.2) is 30.7 Å². The lowest BCUT2D eigenvalue weighted by molar-refractivity contribution is -0.145. The van der Waals surface area contributed by atoms with Crippen molar-refractivity contribution in [3.05, 3.63) is 58.7 Å². The summed E-state index contributed by atoms with van der Waals surface area (Å²) in [5.74, 6) is 0.729. The van der Waals surface area contributed by atoms with Gasteiger partial charge in [0.2, 0.25) is 0 Å². The largest absolute Gasteiger partial charge is 0.496 e. The molecule has 1 aromatic carbocycles. The minimum Gasteiger partial charge on any atom is -0.496 e. The van der Waals surface area contributed by atoms with Crippen molar-refractivity contribution >= 4 is 18.0 Å². The number of hydrogen-bond donors (Lipinski definition) is 0. The molecular weight excluding hydrogens is 540 g/mol. The molecule has 0 amide bonds. The van der Waals surface area contributed by atoms with Gasteiger partial charge < -0.3 is 14.2 Å². The van der Waals surface area contributed by atoms with Crippen LogP contribution in [0, 0.1) is 0 Å². The Morgan fingerprint density at radius 2 is 1.65 bits per heavy atom. The molecule has 1 aliphatic rings. The molecular formula is C37H54O6. The summed E-state index contributed by atoms with van der Waals surface area (Å²) in [6, 6.07) is 1.76. The van der Waals surface area contributed by atoms with Crippen molar-refractivity contribution in [2.24, 2.45) is 0 Å². The maximum absolute atomic E-state index is 12.5. The van der Waals surface area contributed by atoms with Gasteiger partial charge in [0.25, 0.3) is 0 Å². The van der Waals surface area contributed by atoms with E-state index < -0.39 is 5.60 Å². The molecule has 0 aromatic heterocycles. The Balaban J connectivity index is 1.78. The monoisotopic (exact) mass is 594 g/mol. The molecule has 0 radical (unpaired) electrons. The molecule has 1 heterocycles. The van der Waals surface area contributed by atoms with E-state index in [1.165, 1.54) is 32.1 Å². The third-order valence-electron chi connectivity index (χ3n) is 7.78. The van der Waals surface area contributed by atoms with E-state index in [9.17, 15) is 14.4 Å². The summed E-state index contributed by atoms with van der Waals surface area (Å²) in [6.07, 6.45) is 25.6. The highest BCUT2D eigenvalue weighted by atomic mass is 16.5. The SMILES string of the molecule is CCCCC/C=C\C/C=C\CCCCCCCC(=O)OCc1cc(OC)c2c(c1C=O)O[C@](C)(CC(=O)C=C(C)C)CC2. The maximum Gasteiger partial charge on any atom is 0.306 e. The van der Waals surface area contributed by atoms with E-state index in [2.05, 4.69) is 31.2 Å². The molecule has 238 valence electrons. The van der Waals surface area contributed by atoms with Gasteiger partial charge in [-0.25, -0.2) is 0 Å². The lowest BCUT2D eigenvalue weighted by Crippen LogP contribution is -2.39. The predicted octanol–water partition coefficient (Wildman–Crippen LogP) is 9.37. The summed E-state index contributed by atoms with van der Waals surface area (Å²) in [5.41, 5.74) is 1.89. The Bertz CT molecular complexity index is 1120. The Morgan fingerprint density at radius 1 is 0.977 bits per heavy atom. The number of carbonyl (C=O) groups excluding carboxylic acids is 3. The number of benzene rings is 1. The number of allylic oxidation sites excluding steroid dienone is 6. The minimum atomic E-state index is -0.741. The summed E-state index contributed by atoms with van der Waals surface area (Å²) in [7, 11) is 1.57. The van der Waals surface area contributed by atoms with Crippen LogP contribution in [0.3, 0.4) is 0 Å². The number of hydrogen-bond acceptors (Lipinski definition) is 6. The average molecular weight is 595 g/mol. The van der Waals surface area contributed by atoms with Crippen molar-refractivity contribution in [3.8, 4) is 11.5 Å². The molecule has 6 heteroatoms. The van der Waals surface area contributed by atoms with Crippen LogP contribution in [0.1, 0.15) is 139 Å². The number of rotatable bonds is 21. The number of carbonyl (C=O) groups is 3. The van der Waals surface area contributed by atoms with Gasteiger partial charge in [-0.3, -0.25) is 14.4 Å². The van der Waals surface area contributed by atoms with Crippen molar-refractivity contribution in [2.75, 3.05) is 7.11 Å². The van der Waals surface area contributed by atoms with Gasteiger partial charge in [-0.05, 0) is 84.3 Å². The van der Waals surface area contributed by atoms with Gasteiger partial charge >= 0.3 is 5.97 Å². The van der Waals surface area contributed by atoms with Gasteiger partial charge in [-0.2, -0.15) is 0 Å². The van der Waals surface area contributed by atoms with E-state index in [4.69, 9.17) is 14.2 Å². The Kier molecular flexibility index (Phi) is 16.7. The fourth-order valence-electron chi connectivity index (χ4n) is 5.39. The fourth-order valence-corrected chi connectivity index (χ4v) is 5.39. The van der Waals surface area contributed by atoms with Crippen LogP contribution in [0.5, 0.6) is 11.5 Å². The summed E-state index contributed by atoms with van der Waals surface area (Å²) < 4.78 is 17.5. The second kappa shape index (κ2) is 19.9. The molecule has 1 aliphatic heterocycles. The molecule has 0 spiro atoms. The highest BCUT2D eigenvalue weighted by Crippen LogP contribution is 2.43. The molecule has 43 heavy (non-hydrogen) atoms. The van der Waals surface area contributed by atoms with Gasteiger partial charge in [0.05, 0.1) is 12.7 Å². The molecule has 1 aromatic rings. The van der Waals surface area contributed by atoms with E-state index >= 15 is 0 Å². The van der Waals surface area contributed by atoms with Gasteiger partial charge in [0, 0.05) is 24.0 Å². The second-order valence-electron chi connectivity index (χ2n) is 12.1. The van der Waals surface area contributed by atoms with Gasteiger partial charge in [0.1, 0.15) is 23.7 Å². The topological polar surface area (TPSA) is 78.9 Å². The maximum atomic E-state index is 12.5. The number of esters is 1. The number of methoxy groups -OCH3 is 1. The summed E-state index contributed by atoms with van der Waals surface area (Å²) in [5, 5.41) is 0. The van der Waals surface area contributed by atoms with Crippen LogP contribution < -0.4 is 9.47 Å². The quantitative estimate of drug-likeness (QED) is 0.0464. The van der Waals surface area contributed by atoms with Crippen LogP contribution in [0.25, 0.3) is 0 Å². The molecule has 2 rings (SSSR count). The standard InChI is InChI=1S/C37H54O6/c1-6-7-8-9-10-11-12-13-14-15-16-17-18-19-20-21-35(40)42-28-30-25-34(41-5)32-22-23-37(4,26-31(39)24-29(2)3)43-36(32)33(30)27-38/h10-11,13-14,24-25,27H,6-9,12,15-23,26,28H2,1-5H3/b11-10-,14-13-/t37-/m0/s1. The number of aldehydes is 1. The van der Waals surface area contributed by atoms with Crippen molar-refractivity contribution in [1.82, 2.24) is 0 Å². The third kappa shape index (κ3) is 13.4. The summed E-state index contributed by atoms with van der Waals surface area (Å²) >= 11 is 0. The zero-order valence-corrected chi connectivity index (χ0v) is 27.3. The normalized spacial score (nSPS) is 16.1. The Hall–Kier alpha value is -3.15. The number of ketones is 1. The van der Waals surface area contributed by atoms with E-state index in [1.807, 2.05) is 20.8 Å². The first-order valence-electron chi connectivity index (χ1n) is 16.2. The first-order valence-corrected chi connectivity index (χ1v) is 16.2. The summed E-state index contributed by atoms with van der Waals surface area (Å²) in [6.45, 7) is 7.86. The number of unbranched alkanes of at least 4 members (excludes halogenated alkanes) is 8. The molecule has 0 N–H and O–H groups in total. The van der Waals surface area contributed by atoms with Gasteiger partial charge in [0.15, 0.2) is 12.1 Å². The Labute approximate surface area is 259 Å². The van der Waals surface area contributed by atoms with Crippen molar-refractivity contribution < 1.29 is 28.6 Å². The van der Waals surface area contributed by atoms with Crippen molar-refractivity contribution in [3.63, 3.8) is 0 Å². The van der Waals surface area contributed by atoms with Crippen LogP contribution in [0.15, 0.2) is 42.0 Å². The minimum absolute atomic E-state index is 0.0102. The summed E-state index contributed by atoms with van der Waals surface area (Å²) in [4.78, 5) is 37.2. The van der Waals surface area contributed by atoms with Crippen LogP contribution in [0.2, 0.25) is 0 Å². The van der Waals surface area contributed by atoms with E-state index in [1.54, 1.807) is 19.3 Å². The molecule has 0 saturated carbocycles. The molecule has 0 bridgehead atoms. The van der Waals surface area contributed by atoms with Crippen LogP contribution in [-0.2, 0) is 27.4 Å². The Morgan fingerprint density at radius 3 is 2.30 bits per heavy atom. The van der Waals surface area contributed by atoms with E-state index in [0.29, 0.717) is 41.9 Å². The molecule has 0 fully saturated rings. The van der Waals surface area contributed by atoms with Crippen LogP contribution in [0.4, 0.5) is 0 Å². The predicted molar refractivity (Wildman–Crippen MR) is 174 cm³/mol. The lowest BCUT2D eigenvalue weighted by Gasteiger charge is -2.37. The highest BCUT2D eigenvalue weighted by molar-refractivity contribution is 5.91. The van der Waals surface area contributed by atoms with Gasteiger partial charge in [-0.15, -0.1) is 0 Å². The first kappa shape index (κ1) is 36.0. The van der Waals surface area contributed by atoms with Crippen molar-refractivity contribution in [1.29, 1.82) is 0 Å². The molecule has 6 nitrogen and oxygen atoms in total. The molecule has 0 unspecified atom stereocenters. The zero-order valence-electron chi connectivity index (χ0n) is 27.3. The second-order valence-corrected chi connectivity index (χ2v) is 12.1. The fraction of sp³-hybridized carbons (Fsp3) is 0.595. The number of fused-ring (bicyclic) bond motifs is 1. The van der Waals surface area contributed by atoms with E-state index in [0.717, 1.165) is 55.9 Å². The smallest absolute Gasteiger partial charge is 0.306 e. The van der Waals surface area contributed by atoms with Crippen molar-refractivity contribution in [2.45, 2.75) is 136 Å². The molecule has 0 saturated heterocycles. The molecule has 0 aliphatic carbocycles. The number of ether oxygens (including phenoxy) is 3. The third-order valence-corrected chi connectivity index (χ3v) is 7.78. The van der Waals surface area contributed by atoms with E-state index in [-0.39, 0.29) is 24.8 Å². The van der Waals surface area contributed by atoms with Gasteiger partial charge in [-0.1, -0.05) is 68.9 Å². The van der Waals surface area contributed by atoms with Crippen LogP contribution >= 0.6 is 0 Å². The highest BCUT2D eigenvalue weighted by Gasteiger charge is 2.37. The first-order chi connectivity index (χ1) is 20.7. The average Bonchev–Trinajstić information content (AvgIpc) is 2.96. The molecule has 1 atom stereocenters.